The predicted octanol–water partition coefficient (Wildman–Crippen LogP) is -7.10. The molecule has 2 aliphatic rings. The van der Waals surface area contributed by atoms with Crippen LogP contribution in [0, 0.1) is 23.7 Å². The molecule has 126 heavy (non-hydrogen) atoms. The van der Waals surface area contributed by atoms with Crippen molar-refractivity contribution in [1.82, 2.24) is 94.2 Å². The summed E-state index contributed by atoms with van der Waals surface area (Å²) in [4.78, 5) is 262. The summed E-state index contributed by atoms with van der Waals surface area (Å²) in [6, 6.07) is -13.2. The van der Waals surface area contributed by atoms with Crippen LogP contribution < -0.4 is 103 Å². The van der Waals surface area contributed by atoms with Crippen molar-refractivity contribution in [2.45, 2.75) is 276 Å². The van der Waals surface area contributed by atoms with Crippen LogP contribution in [0.5, 0.6) is 0 Å². The number of aliphatic imine (C=N–C) groups is 1. The van der Waals surface area contributed by atoms with E-state index in [1.165, 1.54) is 54.1 Å². The van der Waals surface area contributed by atoms with Gasteiger partial charge >= 0.3 is 5.97 Å². The van der Waals surface area contributed by atoms with Gasteiger partial charge in [0.05, 0.1) is 44.1 Å². The Morgan fingerprint density at radius 3 is 1.53 bits per heavy atom. The molecule has 0 spiro atoms. The molecule has 702 valence electrons. The fraction of sp³-hybridized carbons (Fsp3) is 0.654. The average molecular weight is 1780 g/mol. The van der Waals surface area contributed by atoms with Crippen molar-refractivity contribution in [3.8, 4) is 0 Å². The number of unbranched alkanes of at least 4 members (excludes halogenated alkanes) is 1. The number of carboxylic acids is 1. The number of carbonyl (C=O) groups is 18. The number of H-pyrrole nitrogens is 1. The second kappa shape index (κ2) is 52.7. The molecule has 28 N–H and O–H groups in total. The Morgan fingerprint density at radius 2 is 0.984 bits per heavy atom. The van der Waals surface area contributed by atoms with Gasteiger partial charge in [0.25, 0.3) is 0 Å². The number of aliphatic carboxylic acids is 1. The SMILES string of the molecule is CC[C@H](C)[C@H](NC(=O)[C@H](CC(N)=O)NC(=O)[C@H](C)NC(=O)[C@H](Cc1ccccc1)NC(=O)[C@H](CC(C)C)NC(=O)[C@H](Cc1cnc[nH]1)NC(=O)[C@@H](NC(=O)CNC(=O)CNC(=O)[C@H](CCCCN)NC(=O)[C@@H](C)N)C(C)C)C(=O)N[C@H](C(=O)N[C@H](C(=O)N1CCC[C@H]1C(=O)N[C@@H](CCCN=C(N)N)C(=O)N[C@H](C(=O)N1CCC[C@H]1C(=O)O)[C@@H](C)O)[C@@H](C)O)C(C)C. The van der Waals surface area contributed by atoms with Gasteiger partial charge in [0, 0.05) is 44.4 Å². The number of aliphatic hydroxyl groups excluding tert-OH is 2. The number of nitrogens with two attached hydrogens (primary N) is 5. The molecule has 17 amide bonds. The fourth-order valence-electron chi connectivity index (χ4n) is 13.8. The molecule has 2 aliphatic heterocycles. The van der Waals surface area contributed by atoms with Gasteiger partial charge in [0.15, 0.2) is 5.96 Å². The van der Waals surface area contributed by atoms with E-state index in [-0.39, 0.29) is 95.7 Å². The Morgan fingerprint density at radius 1 is 0.508 bits per heavy atom. The number of benzene rings is 1. The van der Waals surface area contributed by atoms with Crippen LogP contribution in [0.4, 0.5) is 0 Å². The molecule has 1 aromatic heterocycles. The van der Waals surface area contributed by atoms with Gasteiger partial charge in [-0.1, -0.05) is 92.1 Å². The molecule has 45 heteroatoms. The lowest BCUT2D eigenvalue weighted by molar-refractivity contribution is -0.151. The minimum atomic E-state index is -1.83. The second-order valence-electron chi connectivity index (χ2n) is 32.9. The van der Waals surface area contributed by atoms with Gasteiger partial charge in [-0.05, 0) is 128 Å². The number of likely N-dealkylation sites (tertiary alicyclic amines) is 2. The first-order valence-electron chi connectivity index (χ1n) is 42.5. The van der Waals surface area contributed by atoms with Crippen LogP contribution in [0.3, 0.4) is 0 Å². The van der Waals surface area contributed by atoms with Crippen LogP contribution in [0.15, 0.2) is 47.8 Å². The van der Waals surface area contributed by atoms with E-state index in [0.717, 1.165) is 9.80 Å². The van der Waals surface area contributed by atoms with Crippen molar-refractivity contribution < 1.29 is 102 Å². The first-order chi connectivity index (χ1) is 59.3. The largest absolute Gasteiger partial charge is 0.480 e. The van der Waals surface area contributed by atoms with E-state index >= 15 is 0 Å². The first-order valence-corrected chi connectivity index (χ1v) is 42.5. The normalized spacial score (nSPS) is 17.5. The van der Waals surface area contributed by atoms with Crippen LogP contribution in [0.25, 0.3) is 0 Å². The number of primary amides is 1. The summed E-state index contributed by atoms with van der Waals surface area (Å²) in [5.74, 6) is -19.4. The van der Waals surface area contributed by atoms with Gasteiger partial charge in [-0.25, -0.2) is 9.78 Å². The van der Waals surface area contributed by atoms with Crippen LogP contribution >= 0.6 is 0 Å². The highest BCUT2D eigenvalue weighted by atomic mass is 16.4. The molecule has 0 unspecified atom stereocenters. The van der Waals surface area contributed by atoms with Crippen LogP contribution in [0.1, 0.15) is 171 Å². The number of amides is 17. The van der Waals surface area contributed by atoms with Crippen LogP contribution in [-0.2, 0) is 99.1 Å². The molecule has 45 nitrogen and oxygen atoms in total. The zero-order valence-corrected chi connectivity index (χ0v) is 73.7. The number of carboxylic acid groups (broad SMARTS) is 1. The van der Waals surface area contributed by atoms with E-state index in [2.05, 4.69) is 89.4 Å². The van der Waals surface area contributed by atoms with E-state index in [1.54, 1.807) is 71.9 Å². The molecule has 2 saturated heterocycles. The van der Waals surface area contributed by atoms with Gasteiger partial charge in [0.2, 0.25) is 100 Å². The van der Waals surface area contributed by atoms with E-state index < -0.39 is 246 Å². The Hall–Kier alpha value is -12.0. The molecule has 2 fully saturated rings. The zero-order valence-electron chi connectivity index (χ0n) is 73.7. The van der Waals surface area contributed by atoms with E-state index in [0.29, 0.717) is 37.1 Å². The lowest BCUT2D eigenvalue weighted by atomic mass is 9.95. The molecule has 0 aliphatic carbocycles. The van der Waals surface area contributed by atoms with Crippen molar-refractivity contribution in [1.29, 1.82) is 0 Å². The van der Waals surface area contributed by atoms with Crippen molar-refractivity contribution in [2.24, 2.45) is 57.3 Å². The molecule has 4 rings (SSSR count). The number of aliphatic hydroxyl groups is 2. The highest BCUT2D eigenvalue weighted by Gasteiger charge is 2.45. The van der Waals surface area contributed by atoms with Crippen molar-refractivity contribution in [3.05, 3.63) is 54.1 Å². The molecule has 0 radical (unpaired) electrons. The van der Waals surface area contributed by atoms with E-state index in [1.807, 2.05) is 0 Å². The summed E-state index contributed by atoms with van der Waals surface area (Å²) >= 11 is 0. The standard InChI is InChI=1S/C81H132N24O21/c1-13-43(8)63(77(122)100-62(42(6)7)76(121)103-65(47(12)107)78(123)104-30-20-26-56(104)74(119)94-51(25-19-29-88-81(85)86)69(114)102-64(46(11)106)79(124)105-31-21-27-57(105)80(125)126)101-73(118)55(35-58(84)108)95-67(112)45(10)92-70(115)53(33-48-22-15-14-16-23-48)97-71(116)52(32-40(2)3)96-72(117)54(34-49-36-87-39-91-49)98-75(120)61(41(4)5)99-60(110)38-89-59(109)37-90-68(113)50(24-17-18-28-82)93-66(111)44(9)83/h14-16,22-23,36,39-47,50-57,61-65,106-107H,13,17-21,24-35,37-38,82-83H2,1-12H3,(H2,84,108)(H,87,91)(H,89,109)(H,90,113)(H,92,115)(H,93,111)(H,94,119)(H,95,112)(H,96,117)(H,97,116)(H,98,120)(H,99,110)(H,100,122)(H,101,118)(H,102,114)(H,103,121)(H,125,126)(H4,85,86,88)/t43-,44+,45-,46+,47+,50-,51-,52-,53-,54-,55-,56-,57-,61-,62-,63-,64-,65-/m0/s1. The number of carbonyl (C=O) groups excluding carboxylic acids is 17. The number of guanidine groups is 1. The average Bonchev–Trinajstić information content (AvgIpc) is 1.76. The summed E-state index contributed by atoms with van der Waals surface area (Å²) in [7, 11) is 0. The van der Waals surface area contributed by atoms with Gasteiger partial charge in [-0.3, -0.25) is 86.5 Å². The van der Waals surface area contributed by atoms with Gasteiger partial charge < -0.3 is 133 Å². The van der Waals surface area contributed by atoms with Gasteiger partial charge in [0.1, 0.15) is 84.6 Å². The zero-order chi connectivity index (χ0) is 94.5. The number of aromatic nitrogens is 2. The lowest BCUT2D eigenvalue weighted by Gasteiger charge is -2.33. The highest BCUT2D eigenvalue weighted by molar-refractivity contribution is 6.02. The Labute approximate surface area is 731 Å². The maximum atomic E-state index is 14.7. The number of rotatable bonds is 53. The third kappa shape index (κ3) is 34.8. The van der Waals surface area contributed by atoms with E-state index in [4.69, 9.17) is 28.7 Å². The molecule has 2 aromatic rings. The fourth-order valence-corrected chi connectivity index (χ4v) is 13.8. The third-order valence-corrected chi connectivity index (χ3v) is 21.2. The van der Waals surface area contributed by atoms with Crippen molar-refractivity contribution in [2.75, 3.05) is 39.3 Å². The molecule has 0 saturated carbocycles. The molecule has 1 aromatic carbocycles. The number of hydrogen-bond acceptors (Lipinski definition) is 24. The summed E-state index contributed by atoms with van der Waals surface area (Å²) in [5.41, 5.74) is 28.8. The van der Waals surface area contributed by atoms with Crippen molar-refractivity contribution >= 4 is 112 Å². The minimum Gasteiger partial charge on any atom is -0.480 e. The maximum absolute atomic E-state index is 14.7. The summed E-state index contributed by atoms with van der Waals surface area (Å²) < 4.78 is 0. The smallest absolute Gasteiger partial charge is 0.326 e. The van der Waals surface area contributed by atoms with Gasteiger partial charge in [-0.15, -0.1) is 0 Å². The molecule has 18 atom stereocenters. The Kier molecular flexibility index (Phi) is 44.5. The summed E-state index contributed by atoms with van der Waals surface area (Å²) in [5, 5.41) is 67.2. The van der Waals surface area contributed by atoms with Crippen LogP contribution in [-0.4, -0.2) is 290 Å². The molecule has 3 heterocycles. The number of aromatic amines is 1. The van der Waals surface area contributed by atoms with Crippen molar-refractivity contribution in [3.63, 3.8) is 0 Å². The summed E-state index contributed by atoms with van der Waals surface area (Å²) in [6.07, 6.45) is 0.298. The predicted molar refractivity (Wildman–Crippen MR) is 457 cm³/mol. The quantitative estimate of drug-likeness (QED) is 0.0166. The maximum Gasteiger partial charge on any atom is 0.326 e. The van der Waals surface area contributed by atoms with Gasteiger partial charge in [-0.2, -0.15) is 0 Å². The Balaban J connectivity index is 1.50. The third-order valence-electron chi connectivity index (χ3n) is 21.2. The second-order valence-corrected chi connectivity index (χ2v) is 32.9. The number of nitrogens with zero attached hydrogens (tertiary/aromatic N) is 4. The molecular formula is C81H132N24O21. The number of hydrogen-bond donors (Lipinski definition) is 23. The summed E-state index contributed by atoms with van der Waals surface area (Å²) in [6.45, 7) is 17.1. The van der Waals surface area contributed by atoms with Crippen LogP contribution in [0.2, 0.25) is 0 Å². The highest BCUT2D eigenvalue weighted by Crippen LogP contribution is 2.23. The first kappa shape index (κ1) is 106. The topological polar surface area (TPSA) is 714 Å². The van der Waals surface area contributed by atoms with E-state index in [9.17, 15) is 102 Å². The number of imidazole rings is 1. The Bertz CT molecular complexity index is 4070. The molecular weight excluding hydrogens is 1650 g/mol. The molecule has 0 bridgehead atoms. The minimum absolute atomic E-state index is 0.0166. The lowest BCUT2D eigenvalue weighted by Crippen LogP contribution is -2.63. The number of nitrogens with one attached hydrogen (secondary N) is 15. The monoisotopic (exact) mass is 1780 g/mol.